The number of carbonyl (C=O) groups is 1. The van der Waals surface area contributed by atoms with E-state index in [4.69, 9.17) is 9.57 Å². The topological polar surface area (TPSA) is 77.7 Å². The summed E-state index contributed by atoms with van der Waals surface area (Å²) in [6, 6.07) is 7.65. The fraction of sp³-hybridized carbons (Fsp3) is 0.312. The first-order valence-corrected chi connectivity index (χ1v) is 7.29. The molecule has 0 saturated carbocycles. The molecule has 0 saturated heterocycles. The van der Waals surface area contributed by atoms with Crippen LogP contribution in [0.1, 0.15) is 22.3 Å². The van der Waals surface area contributed by atoms with Crippen LogP contribution in [-0.2, 0) is 11.9 Å². The Hall–Kier alpha value is -2.83. The minimum atomic E-state index is -0.167. The normalized spacial score (nSPS) is 16.6. The zero-order valence-electron chi connectivity index (χ0n) is 13.0. The van der Waals surface area contributed by atoms with Crippen molar-refractivity contribution in [1.29, 1.82) is 0 Å². The number of oxime groups is 1. The van der Waals surface area contributed by atoms with Gasteiger partial charge < -0.3 is 14.9 Å². The van der Waals surface area contributed by atoms with E-state index in [1.54, 1.807) is 25.0 Å². The van der Waals surface area contributed by atoms with E-state index in [0.717, 1.165) is 17.0 Å². The van der Waals surface area contributed by atoms with Crippen LogP contribution in [0.3, 0.4) is 0 Å². The quantitative estimate of drug-likeness (QED) is 0.904. The Morgan fingerprint density at radius 3 is 2.87 bits per heavy atom. The van der Waals surface area contributed by atoms with Gasteiger partial charge in [0.15, 0.2) is 0 Å². The number of methoxy groups -OCH3 is 1. The highest BCUT2D eigenvalue weighted by Gasteiger charge is 2.23. The van der Waals surface area contributed by atoms with Crippen LogP contribution in [-0.4, -0.2) is 41.2 Å². The average molecular weight is 314 g/mol. The molecule has 1 aromatic heterocycles. The average Bonchev–Trinajstić information content (AvgIpc) is 3.22. The van der Waals surface area contributed by atoms with E-state index in [-0.39, 0.29) is 12.0 Å². The second kappa shape index (κ2) is 6.51. The van der Waals surface area contributed by atoms with E-state index < -0.39 is 0 Å². The van der Waals surface area contributed by atoms with Crippen molar-refractivity contribution in [2.24, 2.45) is 12.2 Å². The van der Waals surface area contributed by atoms with Crippen molar-refractivity contribution in [3.8, 4) is 5.75 Å². The number of hydrogen-bond donors (Lipinski definition) is 1. The maximum Gasteiger partial charge on any atom is 0.254 e. The Kier molecular flexibility index (Phi) is 4.27. The molecule has 0 aliphatic carbocycles. The highest BCUT2D eigenvalue weighted by Crippen LogP contribution is 2.19. The van der Waals surface area contributed by atoms with E-state index in [1.807, 2.05) is 24.3 Å². The number of hydrogen-bond acceptors (Lipinski definition) is 5. The second-order valence-electron chi connectivity index (χ2n) is 5.31. The smallest absolute Gasteiger partial charge is 0.254 e. The summed E-state index contributed by atoms with van der Waals surface area (Å²) in [4.78, 5) is 17.4. The molecule has 2 aromatic rings. The number of carbonyl (C=O) groups excluding carboxylic acids is 1. The summed E-state index contributed by atoms with van der Waals surface area (Å²) >= 11 is 0. The Morgan fingerprint density at radius 1 is 1.43 bits per heavy atom. The summed E-state index contributed by atoms with van der Waals surface area (Å²) in [7, 11) is 3.40. The molecule has 0 radical (unpaired) electrons. The fourth-order valence-corrected chi connectivity index (χ4v) is 2.34. The molecular formula is C16H18N4O3. The van der Waals surface area contributed by atoms with E-state index in [2.05, 4.69) is 15.6 Å². The number of aromatic nitrogens is 2. The predicted octanol–water partition coefficient (Wildman–Crippen LogP) is 1.35. The number of nitrogens with zero attached hydrogens (tertiary/aromatic N) is 3. The lowest BCUT2D eigenvalue weighted by atomic mass is 10.0. The lowest BCUT2D eigenvalue weighted by Gasteiger charge is -2.09. The maximum absolute atomic E-state index is 12.0. The second-order valence-corrected chi connectivity index (χ2v) is 5.31. The van der Waals surface area contributed by atoms with Gasteiger partial charge in [-0.3, -0.25) is 9.48 Å². The minimum absolute atomic E-state index is 0.160. The molecule has 0 fully saturated rings. The molecule has 1 aliphatic rings. The molecule has 7 heteroatoms. The predicted molar refractivity (Wildman–Crippen MR) is 84.6 cm³/mol. The lowest BCUT2D eigenvalue weighted by Crippen LogP contribution is -2.32. The summed E-state index contributed by atoms with van der Waals surface area (Å²) in [5.41, 5.74) is 2.39. The van der Waals surface area contributed by atoms with Crippen LogP contribution in [0.2, 0.25) is 0 Å². The molecular weight excluding hydrogens is 296 g/mol. The van der Waals surface area contributed by atoms with Gasteiger partial charge in [0, 0.05) is 19.7 Å². The lowest BCUT2D eigenvalue weighted by molar-refractivity contribution is 0.0753. The molecule has 1 aliphatic heterocycles. The molecule has 2 heterocycles. The van der Waals surface area contributed by atoms with Crippen molar-refractivity contribution in [3.05, 3.63) is 47.8 Å². The van der Waals surface area contributed by atoms with E-state index >= 15 is 0 Å². The zero-order valence-corrected chi connectivity index (χ0v) is 13.0. The number of nitrogens with one attached hydrogen (secondary N) is 1. The monoisotopic (exact) mass is 314 g/mol. The van der Waals surface area contributed by atoms with Gasteiger partial charge in [-0.25, -0.2) is 0 Å². The third-order valence-electron chi connectivity index (χ3n) is 3.61. The Morgan fingerprint density at radius 2 is 2.22 bits per heavy atom. The molecule has 3 rings (SSSR count). The summed E-state index contributed by atoms with van der Waals surface area (Å²) < 4.78 is 6.73. The first-order chi connectivity index (χ1) is 11.2. The van der Waals surface area contributed by atoms with Crippen molar-refractivity contribution < 1.29 is 14.4 Å². The van der Waals surface area contributed by atoms with Gasteiger partial charge in [-0.05, 0) is 29.8 Å². The van der Waals surface area contributed by atoms with Gasteiger partial charge in [-0.1, -0.05) is 5.16 Å². The van der Waals surface area contributed by atoms with Crippen molar-refractivity contribution in [3.63, 3.8) is 0 Å². The van der Waals surface area contributed by atoms with Crippen molar-refractivity contribution in [2.75, 3.05) is 13.7 Å². The standard InChI is InChI=1S/C16H18N4O3/c1-20-10-12(8-18-20)16(21)17-9-14-7-15(19-23-14)11-3-5-13(22-2)6-4-11/h3-6,8,10,14H,7,9H2,1-2H3,(H,17,21)/t14-/m1/s1. The van der Waals surface area contributed by atoms with Gasteiger partial charge >= 0.3 is 0 Å². The van der Waals surface area contributed by atoms with Gasteiger partial charge in [-0.15, -0.1) is 0 Å². The van der Waals surface area contributed by atoms with Gasteiger partial charge in [0.2, 0.25) is 0 Å². The molecule has 1 atom stereocenters. The van der Waals surface area contributed by atoms with E-state index in [1.165, 1.54) is 6.20 Å². The summed E-state index contributed by atoms with van der Waals surface area (Å²) in [5.74, 6) is 0.633. The number of amides is 1. The number of ether oxygens (including phenoxy) is 1. The first-order valence-electron chi connectivity index (χ1n) is 7.29. The molecule has 7 nitrogen and oxygen atoms in total. The van der Waals surface area contributed by atoms with E-state index in [0.29, 0.717) is 18.5 Å². The first kappa shape index (κ1) is 15.1. The largest absolute Gasteiger partial charge is 0.497 e. The zero-order chi connectivity index (χ0) is 16.2. The fourth-order valence-electron chi connectivity index (χ4n) is 2.34. The summed E-state index contributed by atoms with van der Waals surface area (Å²) in [6.45, 7) is 0.400. The molecule has 0 spiro atoms. The van der Waals surface area contributed by atoms with Crippen LogP contribution < -0.4 is 10.1 Å². The SMILES string of the molecule is COc1ccc(C2=NO[C@@H](CNC(=O)c3cnn(C)c3)C2)cc1. The Labute approximate surface area is 133 Å². The summed E-state index contributed by atoms with van der Waals surface area (Å²) in [5, 5.41) is 10.9. The molecule has 1 N–H and O–H groups in total. The van der Waals surface area contributed by atoms with Gasteiger partial charge in [-0.2, -0.15) is 5.10 Å². The molecule has 1 aromatic carbocycles. The maximum atomic E-state index is 12.0. The van der Waals surface area contributed by atoms with Gasteiger partial charge in [0.1, 0.15) is 11.9 Å². The molecule has 120 valence electrons. The highest BCUT2D eigenvalue weighted by atomic mass is 16.6. The van der Waals surface area contributed by atoms with Crippen LogP contribution in [0.15, 0.2) is 41.8 Å². The van der Waals surface area contributed by atoms with Crippen LogP contribution >= 0.6 is 0 Å². The third-order valence-corrected chi connectivity index (χ3v) is 3.61. The molecule has 1 amide bonds. The summed E-state index contributed by atoms with van der Waals surface area (Å²) in [6.07, 6.45) is 3.70. The van der Waals surface area contributed by atoms with Crippen LogP contribution in [0.4, 0.5) is 0 Å². The molecule has 23 heavy (non-hydrogen) atoms. The van der Waals surface area contributed by atoms with Gasteiger partial charge in [0.05, 0.1) is 31.1 Å². The molecule has 0 bridgehead atoms. The number of rotatable bonds is 5. The number of aryl methyl sites for hydroxylation is 1. The van der Waals surface area contributed by atoms with Crippen molar-refractivity contribution >= 4 is 11.6 Å². The van der Waals surface area contributed by atoms with Gasteiger partial charge in [0.25, 0.3) is 5.91 Å². The Bertz CT molecular complexity index is 721. The van der Waals surface area contributed by atoms with Crippen LogP contribution in [0.25, 0.3) is 0 Å². The van der Waals surface area contributed by atoms with Crippen molar-refractivity contribution in [1.82, 2.24) is 15.1 Å². The third kappa shape index (κ3) is 3.50. The van der Waals surface area contributed by atoms with Crippen LogP contribution in [0.5, 0.6) is 5.75 Å². The van der Waals surface area contributed by atoms with E-state index in [9.17, 15) is 4.79 Å². The minimum Gasteiger partial charge on any atom is -0.497 e. The Balaban J connectivity index is 1.51. The molecule has 0 unspecified atom stereocenters. The highest BCUT2D eigenvalue weighted by molar-refractivity contribution is 6.01. The number of benzene rings is 1. The van der Waals surface area contributed by atoms with Crippen molar-refractivity contribution in [2.45, 2.75) is 12.5 Å². The van der Waals surface area contributed by atoms with Crippen LogP contribution in [0, 0.1) is 0 Å².